The van der Waals surface area contributed by atoms with E-state index in [0.29, 0.717) is 5.56 Å². The lowest BCUT2D eigenvalue weighted by atomic mass is 10.2. The van der Waals surface area contributed by atoms with Crippen LogP contribution < -0.4 is 5.32 Å². The smallest absolute Gasteiger partial charge is 0.270 e. The van der Waals surface area contributed by atoms with Gasteiger partial charge in [-0.2, -0.15) is 0 Å². The zero-order valence-corrected chi connectivity index (χ0v) is 7.34. The van der Waals surface area contributed by atoms with Crippen molar-refractivity contribution in [2.24, 2.45) is 0 Å². The molecular weight excluding hydrogens is 188 g/mol. The maximum atomic E-state index is 12.5. The Hall–Kier alpha value is -1.45. The second kappa shape index (κ2) is 3.04. The number of alkyl halides is 2. The summed E-state index contributed by atoms with van der Waals surface area (Å²) >= 11 is 0. The number of hydrogen-bond acceptors (Lipinski definition) is 1. The summed E-state index contributed by atoms with van der Waals surface area (Å²) in [5, 5.41) is 2.27. The van der Waals surface area contributed by atoms with Gasteiger partial charge in [0.15, 0.2) is 0 Å². The van der Waals surface area contributed by atoms with Crippen LogP contribution >= 0.6 is 0 Å². The third-order valence-corrected chi connectivity index (χ3v) is 2.17. The number of rotatable bonds is 2. The van der Waals surface area contributed by atoms with Crippen molar-refractivity contribution in [1.82, 2.24) is 5.32 Å². The zero-order valence-electron chi connectivity index (χ0n) is 7.34. The van der Waals surface area contributed by atoms with Crippen LogP contribution in [0, 0.1) is 0 Å². The summed E-state index contributed by atoms with van der Waals surface area (Å²) in [6, 6.07) is 7.36. The lowest BCUT2D eigenvalue weighted by Crippen LogP contribution is -2.29. The number of amides is 1. The van der Waals surface area contributed by atoms with Crippen molar-refractivity contribution < 1.29 is 13.6 Å². The topological polar surface area (TPSA) is 29.1 Å². The Balaban J connectivity index is 1.98. The summed E-state index contributed by atoms with van der Waals surface area (Å²) in [6.07, 6.45) is -0.244. The quantitative estimate of drug-likeness (QED) is 0.769. The van der Waals surface area contributed by atoms with Crippen molar-refractivity contribution in [3.8, 4) is 0 Å². The fourth-order valence-electron chi connectivity index (χ4n) is 1.20. The Bertz CT molecular complexity index is 350. The fraction of sp³-hybridized carbons (Fsp3) is 0.300. The average molecular weight is 197 g/mol. The molecule has 0 aromatic heterocycles. The van der Waals surface area contributed by atoms with Crippen LogP contribution in [0.15, 0.2) is 30.3 Å². The highest BCUT2D eigenvalue weighted by Crippen LogP contribution is 2.41. The van der Waals surface area contributed by atoms with Gasteiger partial charge in [-0.15, -0.1) is 0 Å². The Morgan fingerprint density at radius 1 is 1.36 bits per heavy atom. The normalized spacial score (nSPS) is 22.9. The van der Waals surface area contributed by atoms with Crippen molar-refractivity contribution in [1.29, 1.82) is 0 Å². The Morgan fingerprint density at radius 2 is 1.93 bits per heavy atom. The van der Waals surface area contributed by atoms with Crippen LogP contribution in [0.2, 0.25) is 0 Å². The van der Waals surface area contributed by atoms with E-state index >= 15 is 0 Å². The predicted octanol–water partition coefficient (Wildman–Crippen LogP) is 1.82. The molecule has 1 amide bonds. The van der Waals surface area contributed by atoms with Gasteiger partial charge < -0.3 is 5.32 Å². The number of carbonyl (C=O) groups excluding carboxylic acids is 1. The van der Waals surface area contributed by atoms with Gasteiger partial charge in [-0.05, 0) is 12.1 Å². The molecule has 74 valence electrons. The third-order valence-electron chi connectivity index (χ3n) is 2.17. The Morgan fingerprint density at radius 3 is 2.43 bits per heavy atom. The molecule has 4 heteroatoms. The Labute approximate surface area is 79.9 Å². The van der Waals surface area contributed by atoms with Gasteiger partial charge in [0.2, 0.25) is 0 Å². The first-order valence-electron chi connectivity index (χ1n) is 4.33. The summed E-state index contributed by atoms with van der Waals surface area (Å²) in [5.41, 5.74) is 0.412. The molecule has 14 heavy (non-hydrogen) atoms. The number of benzene rings is 1. The molecule has 1 aliphatic rings. The maximum Gasteiger partial charge on any atom is 0.270 e. The number of carbonyl (C=O) groups is 1. The molecule has 0 heterocycles. The number of hydrogen-bond donors (Lipinski definition) is 1. The highest BCUT2D eigenvalue weighted by molar-refractivity contribution is 5.94. The molecule has 1 N–H and O–H groups in total. The van der Waals surface area contributed by atoms with Crippen LogP contribution in [0.25, 0.3) is 0 Å². The zero-order chi connectivity index (χ0) is 10.2. The summed E-state index contributed by atoms with van der Waals surface area (Å²) in [6.45, 7) is 0. The minimum Gasteiger partial charge on any atom is -0.343 e. The van der Waals surface area contributed by atoms with Gasteiger partial charge in [0, 0.05) is 12.0 Å². The van der Waals surface area contributed by atoms with Crippen molar-refractivity contribution in [2.45, 2.75) is 18.4 Å². The summed E-state index contributed by atoms with van der Waals surface area (Å²) < 4.78 is 24.9. The first-order chi connectivity index (χ1) is 6.59. The molecule has 0 aliphatic heterocycles. The molecule has 0 saturated heterocycles. The van der Waals surface area contributed by atoms with Crippen LogP contribution in [-0.4, -0.2) is 17.9 Å². The molecule has 1 aromatic carbocycles. The van der Waals surface area contributed by atoms with Gasteiger partial charge in [0.1, 0.15) is 0 Å². The van der Waals surface area contributed by atoms with E-state index in [1.165, 1.54) is 0 Å². The summed E-state index contributed by atoms with van der Waals surface area (Å²) in [5.74, 6) is -3.14. The highest BCUT2D eigenvalue weighted by Gasteiger charge is 2.57. The molecule has 2 rings (SSSR count). The number of nitrogens with one attached hydrogen (secondary N) is 1. The highest BCUT2D eigenvalue weighted by atomic mass is 19.3. The summed E-state index contributed by atoms with van der Waals surface area (Å²) in [4.78, 5) is 11.3. The van der Waals surface area contributed by atoms with Gasteiger partial charge in [-0.1, -0.05) is 18.2 Å². The van der Waals surface area contributed by atoms with E-state index in [-0.39, 0.29) is 6.42 Å². The minimum atomic E-state index is -2.70. The van der Waals surface area contributed by atoms with Gasteiger partial charge in [-0.3, -0.25) is 4.79 Å². The van der Waals surface area contributed by atoms with E-state index in [0.717, 1.165) is 0 Å². The monoisotopic (exact) mass is 197 g/mol. The minimum absolute atomic E-state index is 0.244. The van der Waals surface area contributed by atoms with Gasteiger partial charge in [0.05, 0.1) is 6.04 Å². The molecular formula is C10H9F2NO. The first kappa shape index (κ1) is 9.12. The van der Waals surface area contributed by atoms with Crippen LogP contribution in [0.3, 0.4) is 0 Å². The lowest BCUT2D eigenvalue weighted by Gasteiger charge is -2.02. The van der Waals surface area contributed by atoms with Crippen LogP contribution in [0.4, 0.5) is 8.78 Å². The van der Waals surface area contributed by atoms with E-state index in [1.807, 2.05) is 0 Å². The van der Waals surface area contributed by atoms with Gasteiger partial charge in [-0.25, -0.2) is 8.78 Å². The van der Waals surface area contributed by atoms with E-state index in [9.17, 15) is 13.6 Å². The van der Waals surface area contributed by atoms with Crippen molar-refractivity contribution in [2.75, 3.05) is 0 Å². The molecule has 0 radical (unpaired) electrons. The Kier molecular flexibility index (Phi) is 1.98. The molecule has 1 saturated carbocycles. The standard InChI is InChI=1S/C10H9F2NO/c11-10(12)6-8(10)13-9(14)7-4-2-1-3-5-7/h1-5,8H,6H2,(H,13,14). The van der Waals surface area contributed by atoms with E-state index < -0.39 is 17.9 Å². The van der Waals surface area contributed by atoms with Crippen molar-refractivity contribution in [3.63, 3.8) is 0 Å². The van der Waals surface area contributed by atoms with Crippen molar-refractivity contribution in [3.05, 3.63) is 35.9 Å². The molecule has 1 aliphatic carbocycles. The summed E-state index contributed by atoms with van der Waals surface area (Å²) in [7, 11) is 0. The van der Waals surface area contributed by atoms with Crippen molar-refractivity contribution >= 4 is 5.91 Å². The fourth-order valence-corrected chi connectivity index (χ4v) is 1.20. The van der Waals surface area contributed by atoms with E-state index in [1.54, 1.807) is 30.3 Å². The van der Waals surface area contributed by atoms with Crippen LogP contribution in [0.1, 0.15) is 16.8 Å². The lowest BCUT2D eigenvalue weighted by molar-refractivity contribution is 0.0849. The molecule has 1 aromatic rings. The van der Waals surface area contributed by atoms with E-state index in [2.05, 4.69) is 5.32 Å². The van der Waals surface area contributed by atoms with Gasteiger partial charge >= 0.3 is 0 Å². The molecule has 0 bridgehead atoms. The second-order valence-electron chi connectivity index (χ2n) is 3.36. The maximum absolute atomic E-state index is 12.5. The number of halogens is 2. The molecule has 0 spiro atoms. The predicted molar refractivity (Wildman–Crippen MR) is 47.3 cm³/mol. The van der Waals surface area contributed by atoms with Crippen LogP contribution in [-0.2, 0) is 0 Å². The largest absolute Gasteiger partial charge is 0.343 e. The van der Waals surface area contributed by atoms with E-state index in [4.69, 9.17) is 0 Å². The second-order valence-corrected chi connectivity index (χ2v) is 3.36. The van der Waals surface area contributed by atoms with Crippen LogP contribution in [0.5, 0.6) is 0 Å². The SMILES string of the molecule is O=C(NC1CC1(F)F)c1ccccc1. The molecule has 1 unspecified atom stereocenters. The molecule has 2 nitrogen and oxygen atoms in total. The average Bonchev–Trinajstić information content (AvgIpc) is 2.75. The molecule has 1 atom stereocenters. The first-order valence-corrected chi connectivity index (χ1v) is 4.33. The molecule has 1 fully saturated rings. The third kappa shape index (κ3) is 1.73. The van der Waals surface area contributed by atoms with Gasteiger partial charge in [0.25, 0.3) is 11.8 Å².